The molecular weight excluding hydrogens is 298 g/mol. The second kappa shape index (κ2) is 6.62. The first kappa shape index (κ1) is 15.2. The number of rotatable bonds is 4. The predicted molar refractivity (Wildman–Crippen MR) is 88.1 cm³/mol. The van der Waals surface area contributed by atoms with Crippen LogP contribution in [0.15, 0.2) is 24.3 Å². The Bertz CT molecular complexity index is 619. The van der Waals surface area contributed by atoms with E-state index in [1.807, 2.05) is 32.2 Å². The number of carbonyl (C=O) groups excluding carboxylic acids is 1. The number of amides is 2. The van der Waals surface area contributed by atoms with Crippen molar-refractivity contribution in [2.45, 2.75) is 19.4 Å². The average molecular weight is 319 g/mol. The lowest BCUT2D eigenvalue weighted by Crippen LogP contribution is -2.40. The number of urea groups is 1. The van der Waals surface area contributed by atoms with Crippen molar-refractivity contribution in [2.75, 3.05) is 26.8 Å². The van der Waals surface area contributed by atoms with E-state index in [4.69, 9.17) is 4.74 Å². The van der Waals surface area contributed by atoms with Crippen molar-refractivity contribution in [3.63, 3.8) is 0 Å². The zero-order valence-corrected chi connectivity index (χ0v) is 13.7. The quantitative estimate of drug-likeness (QED) is 0.942. The molecule has 5 nitrogen and oxygen atoms in total. The summed E-state index contributed by atoms with van der Waals surface area (Å²) < 4.78 is 6.48. The molecule has 2 amide bonds. The Labute approximate surface area is 134 Å². The third-order valence-electron chi connectivity index (χ3n) is 4.14. The number of nitrogens with zero attached hydrogens (tertiary/aromatic N) is 2. The molecule has 0 unspecified atom stereocenters. The van der Waals surface area contributed by atoms with Crippen LogP contribution in [0, 0.1) is 5.92 Å². The number of aromatic nitrogens is 1. The Morgan fingerprint density at radius 3 is 3.09 bits per heavy atom. The van der Waals surface area contributed by atoms with Gasteiger partial charge in [0.05, 0.1) is 22.9 Å². The fraction of sp³-hybridized carbons (Fsp3) is 0.500. The molecule has 1 aliphatic rings. The van der Waals surface area contributed by atoms with Gasteiger partial charge in [-0.25, -0.2) is 9.78 Å². The van der Waals surface area contributed by atoms with Crippen LogP contribution in [0.1, 0.15) is 24.4 Å². The molecule has 0 bridgehead atoms. The summed E-state index contributed by atoms with van der Waals surface area (Å²) in [4.78, 5) is 18.6. The summed E-state index contributed by atoms with van der Waals surface area (Å²) in [6, 6.07) is 7.95. The van der Waals surface area contributed by atoms with Gasteiger partial charge in [0, 0.05) is 26.1 Å². The number of thiazole rings is 1. The molecule has 2 aromatic rings. The maximum Gasteiger partial charge on any atom is 0.317 e. The van der Waals surface area contributed by atoms with E-state index in [2.05, 4.69) is 16.4 Å². The minimum atomic E-state index is -0.0568. The number of para-hydroxylation sites is 1. The van der Waals surface area contributed by atoms with E-state index in [0.717, 1.165) is 34.9 Å². The van der Waals surface area contributed by atoms with Gasteiger partial charge >= 0.3 is 6.03 Å². The van der Waals surface area contributed by atoms with Crippen molar-refractivity contribution >= 4 is 27.6 Å². The van der Waals surface area contributed by atoms with E-state index >= 15 is 0 Å². The van der Waals surface area contributed by atoms with Gasteiger partial charge in [-0.2, -0.15) is 0 Å². The highest BCUT2D eigenvalue weighted by Gasteiger charge is 2.22. The lowest BCUT2D eigenvalue weighted by molar-refractivity contribution is 0.179. The molecule has 1 saturated heterocycles. The molecule has 0 radical (unpaired) electrons. The van der Waals surface area contributed by atoms with Crippen LogP contribution in [0.2, 0.25) is 0 Å². The lowest BCUT2D eigenvalue weighted by Gasteiger charge is -2.24. The molecule has 0 aliphatic carbocycles. The highest BCUT2D eigenvalue weighted by Crippen LogP contribution is 2.28. The van der Waals surface area contributed by atoms with Gasteiger partial charge in [0.1, 0.15) is 5.01 Å². The fourth-order valence-electron chi connectivity index (χ4n) is 2.51. The number of ether oxygens (including phenoxy) is 1. The number of carbonyl (C=O) groups is 1. The first-order valence-electron chi connectivity index (χ1n) is 7.59. The van der Waals surface area contributed by atoms with Crippen LogP contribution in [0.4, 0.5) is 4.79 Å². The number of hydrogen-bond donors (Lipinski definition) is 1. The van der Waals surface area contributed by atoms with Gasteiger partial charge < -0.3 is 15.0 Å². The highest BCUT2D eigenvalue weighted by molar-refractivity contribution is 7.18. The van der Waals surface area contributed by atoms with E-state index < -0.39 is 0 Å². The number of hydrogen-bond acceptors (Lipinski definition) is 4. The maximum atomic E-state index is 12.3. The molecule has 2 atom stereocenters. The fourth-order valence-corrected chi connectivity index (χ4v) is 3.57. The van der Waals surface area contributed by atoms with E-state index in [-0.39, 0.29) is 12.1 Å². The zero-order valence-electron chi connectivity index (χ0n) is 12.9. The summed E-state index contributed by atoms with van der Waals surface area (Å²) in [7, 11) is 1.82. The molecule has 1 aromatic carbocycles. The highest BCUT2D eigenvalue weighted by atomic mass is 32.1. The Morgan fingerprint density at radius 1 is 1.55 bits per heavy atom. The first-order chi connectivity index (χ1) is 10.6. The number of fused-ring (bicyclic) bond motifs is 1. The molecule has 22 heavy (non-hydrogen) atoms. The molecule has 0 spiro atoms. The molecule has 0 saturated carbocycles. The third-order valence-corrected chi connectivity index (χ3v) is 5.34. The SMILES string of the molecule is C[C@@H](c1nc2ccccc2s1)N(C)C(=O)NC[C@H]1CCOC1. The van der Waals surface area contributed by atoms with E-state index in [0.29, 0.717) is 12.5 Å². The van der Waals surface area contributed by atoms with Gasteiger partial charge in [-0.15, -0.1) is 11.3 Å². The Kier molecular flexibility index (Phi) is 4.59. The van der Waals surface area contributed by atoms with E-state index in [9.17, 15) is 4.79 Å². The van der Waals surface area contributed by atoms with Crippen LogP contribution in [0.5, 0.6) is 0 Å². The second-order valence-electron chi connectivity index (χ2n) is 5.72. The average Bonchev–Trinajstić information content (AvgIpc) is 3.19. The monoisotopic (exact) mass is 319 g/mol. The van der Waals surface area contributed by atoms with Crippen LogP contribution in [-0.2, 0) is 4.74 Å². The van der Waals surface area contributed by atoms with Crippen LogP contribution >= 0.6 is 11.3 Å². The van der Waals surface area contributed by atoms with Gasteiger partial charge in [0.25, 0.3) is 0 Å². The van der Waals surface area contributed by atoms with Crippen molar-refractivity contribution in [2.24, 2.45) is 5.92 Å². The number of benzene rings is 1. The Hall–Kier alpha value is -1.66. The molecule has 1 N–H and O–H groups in total. The molecule has 1 aliphatic heterocycles. The van der Waals surface area contributed by atoms with Crippen molar-refractivity contribution in [3.8, 4) is 0 Å². The molecule has 118 valence electrons. The third kappa shape index (κ3) is 3.23. The van der Waals surface area contributed by atoms with Crippen molar-refractivity contribution in [1.82, 2.24) is 15.2 Å². The predicted octanol–water partition coefficient (Wildman–Crippen LogP) is 3.04. The van der Waals surface area contributed by atoms with Gasteiger partial charge in [0.15, 0.2) is 0 Å². The minimum absolute atomic E-state index is 0.0442. The normalized spacial score (nSPS) is 19.3. The minimum Gasteiger partial charge on any atom is -0.381 e. The Morgan fingerprint density at radius 2 is 2.36 bits per heavy atom. The molecule has 6 heteroatoms. The molecule has 1 aromatic heterocycles. The van der Waals surface area contributed by atoms with Crippen LogP contribution in [0.25, 0.3) is 10.2 Å². The summed E-state index contributed by atoms with van der Waals surface area (Å²) in [6.45, 7) is 4.24. The zero-order chi connectivity index (χ0) is 15.5. The van der Waals surface area contributed by atoms with Gasteiger partial charge in [-0.1, -0.05) is 12.1 Å². The second-order valence-corrected chi connectivity index (χ2v) is 6.78. The van der Waals surface area contributed by atoms with Gasteiger partial charge in [0.2, 0.25) is 0 Å². The maximum absolute atomic E-state index is 12.3. The van der Waals surface area contributed by atoms with Gasteiger partial charge in [-0.3, -0.25) is 0 Å². The largest absolute Gasteiger partial charge is 0.381 e. The topological polar surface area (TPSA) is 54.5 Å². The van der Waals surface area contributed by atoms with Crippen LogP contribution in [0.3, 0.4) is 0 Å². The van der Waals surface area contributed by atoms with Gasteiger partial charge in [-0.05, 0) is 25.5 Å². The summed E-state index contributed by atoms with van der Waals surface area (Å²) in [5, 5.41) is 3.95. The van der Waals surface area contributed by atoms with E-state index in [1.54, 1.807) is 16.2 Å². The molecule has 3 rings (SSSR count). The Balaban J connectivity index is 1.62. The lowest BCUT2D eigenvalue weighted by atomic mass is 10.1. The standard InChI is InChI=1S/C16H21N3O2S/c1-11(15-18-13-5-3-4-6-14(13)22-15)19(2)16(20)17-9-12-7-8-21-10-12/h3-6,11-12H,7-10H2,1-2H3,(H,17,20)/t11-,12+/m0/s1. The van der Waals surface area contributed by atoms with Crippen molar-refractivity contribution in [1.29, 1.82) is 0 Å². The molecular formula is C16H21N3O2S. The summed E-state index contributed by atoms with van der Waals surface area (Å²) in [6.07, 6.45) is 1.03. The first-order valence-corrected chi connectivity index (χ1v) is 8.40. The summed E-state index contributed by atoms with van der Waals surface area (Å²) in [5.41, 5.74) is 0.992. The molecule has 2 heterocycles. The summed E-state index contributed by atoms with van der Waals surface area (Å²) >= 11 is 1.64. The van der Waals surface area contributed by atoms with Crippen LogP contribution in [-0.4, -0.2) is 42.7 Å². The molecule has 1 fully saturated rings. The smallest absolute Gasteiger partial charge is 0.317 e. The van der Waals surface area contributed by atoms with Crippen molar-refractivity contribution < 1.29 is 9.53 Å². The van der Waals surface area contributed by atoms with Crippen LogP contribution < -0.4 is 5.32 Å². The van der Waals surface area contributed by atoms with Crippen molar-refractivity contribution in [3.05, 3.63) is 29.3 Å². The number of nitrogens with one attached hydrogen (secondary N) is 1. The van der Waals surface area contributed by atoms with E-state index in [1.165, 1.54) is 0 Å². The summed E-state index contributed by atoms with van der Waals surface area (Å²) in [5.74, 6) is 0.440.